The van der Waals surface area contributed by atoms with Gasteiger partial charge in [-0.1, -0.05) is 34.8 Å². The average molecular weight is 357 g/mol. The molecule has 1 aromatic heterocycles. The van der Waals surface area contributed by atoms with Crippen molar-refractivity contribution in [1.29, 1.82) is 0 Å². The number of carbonyl (C=O) groups is 3. The molecule has 0 aliphatic heterocycles. The van der Waals surface area contributed by atoms with Gasteiger partial charge in [-0.2, -0.15) is 0 Å². The fourth-order valence-electron chi connectivity index (χ4n) is 1.55. The van der Waals surface area contributed by atoms with Crippen LogP contribution in [0, 0.1) is 0 Å². The molecule has 1 rings (SSSR count). The third-order valence-electron chi connectivity index (χ3n) is 2.42. The van der Waals surface area contributed by atoms with Gasteiger partial charge in [-0.3, -0.25) is 9.59 Å². The molecule has 0 aromatic carbocycles. The van der Waals surface area contributed by atoms with Gasteiger partial charge in [0.2, 0.25) is 5.78 Å². The second-order valence-electron chi connectivity index (χ2n) is 3.87. The highest BCUT2D eigenvalue weighted by Crippen LogP contribution is 2.31. The topological polar surface area (TPSA) is 74.6 Å². The van der Waals surface area contributed by atoms with Crippen LogP contribution in [0.3, 0.4) is 0 Å². The number of Topliss-reactive ketones (excluding diaryl/α,β-unsaturated/α-hetero) is 1. The third-order valence-corrected chi connectivity index (χ3v) is 2.93. The van der Waals surface area contributed by atoms with Crippen molar-refractivity contribution in [2.75, 3.05) is 13.7 Å². The summed E-state index contributed by atoms with van der Waals surface area (Å²) in [4.78, 5) is 35.0. The zero-order valence-corrected chi connectivity index (χ0v) is 13.5. The molecule has 0 radical (unpaired) electrons. The standard InChI is InChI=1S/C12H12Cl3NO5/c1-3-21-9(17)6-16-5-7(10(18)12(13,14)15)4-8(16)11(19)20-2/h4-5H,3,6H2,1-2H3. The Bertz CT molecular complexity index is 562. The number of aromatic nitrogens is 1. The van der Waals surface area contributed by atoms with Crippen molar-refractivity contribution in [2.24, 2.45) is 0 Å². The summed E-state index contributed by atoms with van der Waals surface area (Å²) in [6.45, 7) is 1.56. The Morgan fingerprint density at radius 1 is 1.29 bits per heavy atom. The maximum Gasteiger partial charge on any atom is 0.354 e. The highest BCUT2D eigenvalue weighted by Gasteiger charge is 2.33. The van der Waals surface area contributed by atoms with Crippen molar-refractivity contribution in [1.82, 2.24) is 4.57 Å². The van der Waals surface area contributed by atoms with Crippen molar-refractivity contribution in [3.05, 3.63) is 23.5 Å². The molecule has 0 saturated carbocycles. The van der Waals surface area contributed by atoms with Crippen LogP contribution in [0.15, 0.2) is 12.3 Å². The smallest absolute Gasteiger partial charge is 0.354 e. The van der Waals surface area contributed by atoms with Gasteiger partial charge in [0.05, 0.1) is 13.7 Å². The maximum absolute atomic E-state index is 11.9. The van der Waals surface area contributed by atoms with E-state index >= 15 is 0 Å². The number of hydrogen-bond donors (Lipinski definition) is 0. The van der Waals surface area contributed by atoms with Crippen LogP contribution in [0.5, 0.6) is 0 Å². The second kappa shape index (κ2) is 7.15. The van der Waals surface area contributed by atoms with E-state index in [-0.39, 0.29) is 24.4 Å². The molecule has 0 fully saturated rings. The van der Waals surface area contributed by atoms with E-state index in [9.17, 15) is 14.4 Å². The molecular formula is C12H12Cl3NO5. The first-order valence-electron chi connectivity index (χ1n) is 5.76. The number of rotatable bonds is 5. The Kier molecular flexibility index (Phi) is 6.07. The zero-order chi connectivity index (χ0) is 16.2. The number of alkyl halides is 3. The monoisotopic (exact) mass is 355 g/mol. The van der Waals surface area contributed by atoms with E-state index in [1.807, 2.05) is 0 Å². The molecule has 116 valence electrons. The van der Waals surface area contributed by atoms with Crippen molar-refractivity contribution >= 4 is 52.5 Å². The predicted molar refractivity (Wildman–Crippen MR) is 77.0 cm³/mol. The number of esters is 2. The highest BCUT2D eigenvalue weighted by atomic mass is 35.6. The molecule has 1 heterocycles. The molecule has 1 aromatic rings. The van der Waals surface area contributed by atoms with Crippen LogP contribution in [-0.2, 0) is 20.8 Å². The number of methoxy groups -OCH3 is 1. The lowest BCUT2D eigenvalue weighted by atomic mass is 10.2. The molecule has 0 aliphatic carbocycles. The molecular weight excluding hydrogens is 344 g/mol. The third kappa shape index (κ3) is 4.62. The number of hydrogen-bond acceptors (Lipinski definition) is 5. The molecule has 21 heavy (non-hydrogen) atoms. The highest BCUT2D eigenvalue weighted by molar-refractivity contribution is 6.77. The first kappa shape index (κ1) is 17.8. The molecule has 0 bridgehead atoms. The van der Waals surface area contributed by atoms with Gasteiger partial charge in [-0.05, 0) is 13.0 Å². The van der Waals surface area contributed by atoms with Gasteiger partial charge in [0.25, 0.3) is 3.79 Å². The van der Waals surface area contributed by atoms with E-state index < -0.39 is 21.5 Å². The first-order valence-corrected chi connectivity index (χ1v) is 6.89. The van der Waals surface area contributed by atoms with Gasteiger partial charge in [0, 0.05) is 11.8 Å². The minimum absolute atomic E-state index is 0.0249. The van der Waals surface area contributed by atoms with E-state index in [1.165, 1.54) is 23.9 Å². The average Bonchev–Trinajstić information content (AvgIpc) is 2.79. The van der Waals surface area contributed by atoms with Crippen LogP contribution >= 0.6 is 34.8 Å². The largest absolute Gasteiger partial charge is 0.465 e. The van der Waals surface area contributed by atoms with Crippen LogP contribution in [0.25, 0.3) is 0 Å². The molecule has 0 atom stereocenters. The second-order valence-corrected chi connectivity index (χ2v) is 6.15. The fourth-order valence-corrected chi connectivity index (χ4v) is 1.88. The van der Waals surface area contributed by atoms with E-state index in [4.69, 9.17) is 39.5 Å². The van der Waals surface area contributed by atoms with E-state index in [0.717, 1.165) is 0 Å². The number of ether oxygens (including phenoxy) is 2. The molecule has 0 amide bonds. The SMILES string of the molecule is CCOC(=O)Cn1cc(C(=O)C(Cl)(Cl)Cl)cc1C(=O)OC. The molecule has 0 N–H and O–H groups in total. The van der Waals surface area contributed by atoms with E-state index in [0.29, 0.717) is 0 Å². The van der Waals surface area contributed by atoms with Crippen molar-refractivity contribution < 1.29 is 23.9 Å². The molecule has 0 aliphatic rings. The molecule has 9 heteroatoms. The normalized spacial score (nSPS) is 11.1. The maximum atomic E-state index is 11.9. The lowest BCUT2D eigenvalue weighted by molar-refractivity contribution is -0.143. The zero-order valence-electron chi connectivity index (χ0n) is 11.2. The molecule has 0 spiro atoms. The Balaban J connectivity index is 3.16. The van der Waals surface area contributed by atoms with Crippen LogP contribution in [-0.4, -0.2) is 39.8 Å². The van der Waals surface area contributed by atoms with Crippen LogP contribution in [0.4, 0.5) is 0 Å². The van der Waals surface area contributed by atoms with Gasteiger partial charge < -0.3 is 14.0 Å². The van der Waals surface area contributed by atoms with Gasteiger partial charge in [0.15, 0.2) is 0 Å². The summed E-state index contributed by atoms with van der Waals surface area (Å²) in [6, 6.07) is 1.19. The number of halogens is 3. The van der Waals surface area contributed by atoms with Crippen molar-refractivity contribution in [3.8, 4) is 0 Å². The predicted octanol–water partition coefficient (Wildman–Crippen LogP) is 2.39. The van der Waals surface area contributed by atoms with Gasteiger partial charge >= 0.3 is 11.9 Å². The number of nitrogens with zero attached hydrogens (tertiary/aromatic N) is 1. The summed E-state index contributed by atoms with van der Waals surface area (Å²) in [5.74, 6) is -2.13. The first-order chi connectivity index (χ1) is 9.70. The minimum atomic E-state index is -2.16. The summed E-state index contributed by atoms with van der Waals surface area (Å²) in [5, 5.41) is 0. The summed E-state index contributed by atoms with van der Waals surface area (Å²) in [6.07, 6.45) is 1.23. The van der Waals surface area contributed by atoms with Crippen molar-refractivity contribution in [2.45, 2.75) is 17.3 Å². The Morgan fingerprint density at radius 2 is 1.90 bits per heavy atom. The Morgan fingerprint density at radius 3 is 2.38 bits per heavy atom. The minimum Gasteiger partial charge on any atom is -0.465 e. The lowest BCUT2D eigenvalue weighted by Crippen LogP contribution is -2.18. The molecule has 6 nitrogen and oxygen atoms in total. The summed E-state index contributed by atoms with van der Waals surface area (Å²) >= 11 is 16.5. The van der Waals surface area contributed by atoms with Crippen LogP contribution in [0.1, 0.15) is 27.8 Å². The quantitative estimate of drug-likeness (QED) is 0.460. The summed E-state index contributed by atoms with van der Waals surface area (Å²) in [5.41, 5.74) is -0.0529. The number of carbonyl (C=O) groups excluding carboxylic acids is 3. The van der Waals surface area contributed by atoms with Crippen molar-refractivity contribution in [3.63, 3.8) is 0 Å². The summed E-state index contributed by atoms with van der Waals surface area (Å²) in [7, 11) is 1.17. The molecule has 0 unspecified atom stereocenters. The van der Waals surface area contributed by atoms with E-state index in [1.54, 1.807) is 6.92 Å². The lowest BCUT2D eigenvalue weighted by Gasteiger charge is -2.07. The van der Waals surface area contributed by atoms with E-state index in [2.05, 4.69) is 4.74 Å². The van der Waals surface area contributed by atoms with Gasteiger partial charge in [-0.15, -0.1) is 0 Å². The Labute approximate surface area is 135 Å². The molecule has 0 saturated heterocycles. The van der Waals surface area contributed by atoms with Crippen LogP contribution in [0.2, 0.25) is 0 Å². The van der Waals surface area contributed by atoms with Gasteiger partial charge in [-0.25, -0.2) is 4.79 Å². The summed E-state index contributed by atoms with van der Waals surface area (Å²) < 4.78 is 8.39. The number of ketones is 1. The Hall–Kier alpha value is -1.24. The fraction of sp³-hybridized carbons (Fsp3) is 0.417. The van der Waals surface area contributed by atoms with Gasteiger partial charge in [0.1, 0.15) is 12.2 Å². The van der Waals surface area contributed by atoms with Crippen LogP contribution < -0.4 is 0 Å².